The van der Waals surface area contributed by atoms with Gasteiger partial charge in [0.15, 0.2) is 5.75 Å². The number of likely N-dealkylation sites (tertiary alicyclic amines) is 1. The van der Waals surface area contributed by atoms with Gasteiger partial charge in [0.05, 0.1) is 22.7 Å². The Morgan fingerprint density at radius 3 is 2.40 bits per heavy atom. The number of rotatable bonds is 7. The largest absolute Gasteiger partial charge is 0.507 e. The number of carbonyl (C=O) groups is 2. The Kier molecular flexibility index (Phi) is 6.75. The van der Waals surface area contributed by atoms with Crippen molar-refractivity contribution in [3.05, 3.63) is 57.0 Å². The van der Waals surface area contributed by atoms with Crippen LogP contribution in [0.5, 0.6) is 5.75 Å². The molecule has 0 aliphatic carbocycles. The first-order chi connectivity index (χ1) is 14.3. The maximum Gasteiger partial charge on any atom is 0.295 e. The van der Waals surface area contributed by atoms with Gasteiger partial charge in [-0.05, 0) is 37.6 Å². The minimum Gasteiger partial charge on any atom is -0.507 e. The van der Waals surface area contributed by atoms with Crippen LogP contribution in [0.15, 0.2) is 34.3 Å². The summed E-state index contributed by atoms with van der Waals surface area (Å²) < 4.78 is 15.9. The Bertz CT molecular complexity index is 990. The highest BCUT2D eigenvalue weighted by atomic mass is 35.5. The van der Waals surface area contributed by atoms with Gasteiger partial charge < -0.3 is 23.9 Å². The number of aliphatic hydroxyl groups excluding tert-OH is 1. The van der Waals surface area contributed by atoms with Crippen LogP contribution >= 0.6 is 23.2 Å². The molecule has 1 N–H and O–H groups in total. The summed E-state index contributed by atoms with van der Waals surface area (Å²) in [5.41, 5.74) is 0.0954. The Labute approximate surface area is 183 Å². The molecule has 30 heavy (non-hydrogen) atoms. The molecule has 0 saturated carbocycles. The van der Waals surface area contributed by atoms with Crippen LogP contribution in [0.25, 0.3) is 5.76 Å². The summed E-state index contributed by atoms with van der Waals surface area (Å²) >= 11 is 12.4. The van der Waals surface area contributed by atoms with Gasteiger partial charge >= 0.3 is 0 Å². The molecule has 9 heteroatoms. The molecular weight excluding hydrogens is 433 g/mol. The number of amides is 1. The summed E-state index contributed by atoms with van der Waals surface area (Å²) in [4.78, 5) is 27.0. The lowest BCUT2D eigenvalue weighted by Gasteiger charge is -2.23. The Morgan fingerprint density at radius 1 is 1.20 bits per heavy atom. The van der Waals surface area contributed by atoms with E-state index in [-0.39, 0.29) is 33.5 Å². The van der Waals surface area contributed by atoms with Gasteiger partial charge in [-0.2, -0.15) is 0 Å². The molecule has 2 aromatic rings. The lowest BCUT2D eigenvalue weighted by Crippen LogP contribution is -2.31. The molecule has 7 nitrogen and oxygen atoms in total. The molecule has 2 heterocycles. The first kappa shape index (κ1) is 22.2. The molecule has 1 saturated heterocycles. The molecule has 3 rings (SSSR count). The van der Waals surface area contributed by atoms with Crippen molar-refractivity contribution in [3.63, 3.8) is 0 Å². The number of halogens is 2. The zero-order valence-corrected chi connectivity index (χ0v) is 18.2. The van der Waals surface area contributed by atoms with Crippen molar-refractivity contribution in [3.8, 4) is 5.75 Å². The van der Waals surface area contributed by atoms with Crippen LogP contribution < -0.4 is 4.74 Å². The number of nitrogens with zero attached hydrogens (tertiary/aromatic N) is 1. The molecule has 1 aromatic heterocycles. The molecule has 1 aliphatic rings. The van der Waals surface area contributed by atoms with Crippen LogP contribution in [-0.4, -0.2) is 49.1 Å². The van der Waals surface area contributed by atoms with Crippen molar-refractivity contribution in [2.75, 3.05) is 27.4 Å². The van der Waals surface area contributed by atoms with Gasteiger partial charge in [0.1, 0.15) is 23.3 Å². The van der Waals surface area contributed by atoms with E-state index in [1.807, 2.05) is 0 Å². The molecule has 0 bridgehead atoms. The third-order valence-corrected chi connectivity index (χ3v) is 5.36. The second-order valence-corrected chi connectivity index (χ2v) is 7.57. The molecule has 0 radical (unpaired) electrons. The molecule has 1 atom stereocenters. The van der Waals surface area contributed by atoms with E-state index in [2.05, 4.69) is 0 Å². The van der Waals surface area contributed by atoms with Crippen molar-refractivity contribution < 1.29 is 28.6 Å². The number of aryl methyl sites for hydroxylation is 1. The van der Waals surface area contributed by atoms with Crippen molar-refractivity contribution in [2.24, 2.45) is 0 Å². The minimum absolute atomic E-state index is 0.0935. The predicted molar refractivity (Wildman–Crippen MR) is 112 cm³/mol. The van der Waals surface area contributed by atoms with Gasteiger partial charge in [0, 0.05) is 25.8 Å². The van der Waals surface area contributed by atoms with Crippen LogP contribution in [0.2, 0.25) is 10.0 Å². The monoisotopic (exact) mass is 453 g/mol. The smallest absolute Gasteiger partial charge is 0.295 e. The van der Waals surface area contributed by atoms with Gasteiger partial charge in [-0.25, -0.2) is 0 Å². The summed E-state index contributed by atoms with van der Waals surface area (Å²) in [6, 6.07) is 5.37. The number of furan rings is 1. The zero-order valence-electron chi connectivity index (χ0n) is 16.7. The first-order valence-corrected chi connectivity index (χ1v) is 9.92. The highest BCUT2D eigenvalue weighted by molar-refractivity contribution is 6.46. The molecule has 1 amide bonds. The maximum atomic E-state index is 12.9. The number of aliphatic hydroxyl groups is 1. The van der Waals surface area contributed by atoms with Gasteiger partial charge in [-0.15, -0.1) is 0 Å². The molecular formula is C21H21Cl2NO6. The minimum atomic E-state index is -0.879. The second kappa shape index (κ2) is 9.12. The van der Waals surface area contributed by atoms with Crippen molar-refractivity contribution >= 4 is 40.7 Å². The number of ether oxygens (including phenoxy) is 2. The van der Waals surface area contributed by atoms with E-state index in [4.69, 9.17) is 37.1 Å². The maximum absolute atomic E-state index is 12.9. The Hall–Kier alpha value is -2.48. The molecule has 160 valence electrons. The lowest BCUT2D eigenvalue weighted by molar-refractivity contribution is -0.140. The zero-order chi connectivity index (χ0) is 22.0. The number of carbonyl (C=O) groups excluding carboxylic acids is 2. The van der Waals surface area contributed by atoms with E-state index in [0.717, 1.165) is 0 Å². The number of benzene rings is 1. The Morgan fingerprint density at radius 2 is 1.87 bits per heavy atom. The van der Waals surface area contributed by atoms with Crippen LogP contribution in [-0.2, 0) is 14.3 Å². The van der Waals surface area contributed by atoms with E-state index in [0.29, 0.717) is 24.5 Å². The molecule has 1 unspecified atom stereocenters. The quantitative estimate of drug-likeness (QED) is 0.290. The number of methoxy groups -OCH3 is 2. The third kappa shape index (κ3) is 4.05. The number of ketones is 1. The number of Topliss-reactive ketones (excluding diaryl/α,β-unsaturated/α-hetero) is 1. The third-order valence-electron chi connectivity index (χ3n) is 4.79. The standard InChI is InChI=1S/C21H21Cl2NO6/c1-11-5-6-15(30-11)17-16(19(26)21(27)24(17)7-4-8-28-2)18(25)12-9-13(22)20(29-3)14(23)10-12/h5-6,9-10,17,25H,4,7-8H2,1-3H3/b18-16-. The van der Waals surface area contributed by atoms with Gasteiger partial charge in [-0.3, -0.25) is 9.59 Å². The highest BCUT2D eigenvalue weighted by Gasteiger charge is 2.47. The SMILES string of the molecule is COCCCN1C(=O)C(=O)/C(=C(\O)c2cc(Cl)c(OC)c(Cl)c2)C1c1ccc(C)o1. The molecule has 1 aromatic carbocycles. The fourth-order valence-electron chi connectivity index (χ4n) is 3.43. The Balaban J connectivity index is 2.14. The topological polar surface area (TPSA) is 89.2 Å². The normalized spacial score (nSPS) is 18.3. The number of hydrogen-bond donors (Lipinski definition) is 1. The van der Waals surface area contributed by atoms with Gasteiger partial charge in [-0.1, -0.05) is 23.2 Å². The van der Waals surface area contributed by atoms with Crippen molar-refractivity contribution in [1.29, 1.82) is 0 Å². The van der Waals surface area contributed by atoms with Crippen molar-refractivity contribution in [2.45, 2.75) is 19.4 Å². The summed E-state index contributed by atoms with van der Waals surface area (Å²) in [7, 11) is 2.97. The van der Waals surface area contributed by atoms with E-state index in [1.165, 1.54) is 24.1 Å². The molecule has 0 spiro atoms. The second-order valence-electron chi connectivity index (χ2n) is 6.76. The summed E-state index contributed by atoms with van der Waals surface area (Å²) in [6.45, 7) is 2.42. The van der Waals surface area contributed by atoms with Crippen molar-refractivity contribution in [1.82, 2.24) is 4.90 Å². The van der Waals surface area contributed by atoms with E-state index < -0.39 is 23.5 Å². The average Bonchev–Trinajstić information content (AvgIpc) is 3.23. The van der Waals surface area contributed by atoms with Gasteiger partial charge in [0.2, 0.25) is 0 Å². The predicted octanol–water partition coefficient (Wildman–Crippen LogP) is 4.36. The summed E-state index contributed by atoms with van der Waals surface area (Å²) in [6.07, 6.45) is 0.514. The summed E-state index contributed by atoms with van der Waals surface area (Å²) in [5.74, 6) is -0.704. The lowest BCUT2D eigenvalue weighted by atomic mass is 9.99. The van der Waals surface area contributed by atoms with Crippen LogP contribution in [0.4, 0.5) is 0 Å². The number of hydrogen-bond acceptors (Lipinski definition) is 6. The molecule has 1 aliphatic heterocycles. The first-order valence-electron chi connectivity index (χ1n) is 9.17. The fourth-order valence-corrected chi connectivity index (χ4v) is 4.07. The summed E-state index contributed by atoms with van der Waals surface area (Å²) in [5, 5.41) is 11.3. The van der Waals surface area contributed by atoms with Crippen LogP contribution in [0.1, 0.15) is 29.5 Å². The fraction of sp³-hybridized carbons (Fsp3) is 0.333. The highest BCUT2D eigenvalue weighted by Crippen LogP contribution is 2.42. The van der Waals surface area contributed by atoms with Gasteiger partial charge in [0.25, 0.3) is 11.7 Å². The van der Waals surface area contributed by atoms with Crippen LogP contribution in [0, 0.1) is 6.92 Å². The van der Waals surface area contributed by atoms with E-state index in [1.54, 1.807) is 26.2 Å². The van der Waals surface area contributed by atoms with Crippen LogP contribution in [0.3, 0.4) is 0 Å². The van der Waals surface area contributed by atoms with E-state index in [9.17, 15) is 14.7 Å². The van der Waals surface area contributed by atoms with E-state index >= 15 is 0 Å². The average molecular weight is 454 g/mol. The molecule has 1 fully saturated rings.